The molecule has 3 heterocycles. The molecule has 0 aliphatic carbocycles. The highest BCUT2D eigenvalue weighted by Gasteiger charge is 2.22. The molecule has 3 aromatic heterocycles. The third-order valence-corrected chi connectivity index (χ3v) is 9.56. The van der Waals surface area contributed by atoms with Crippen molar-refractivity contribution in [1.82, 2.24) is 4.98 Å². The molecule has 0 saturated carbocycles. The van der Waals surface area contributed by atoms with Gasteiger partial charge in [0.15, 0.2) is 0 Å². The van der Waals surface area contributed by atoms with Gasteiger partial charge in [0.2, 0.25) is 0 Å². The van der Waals surface area contributed by atoms with Crippen LogP contribution < -0.4 is 0 Å². The van der Waals surface area contributed by atoms with Gasteiger partial charge in [0.1, 0.15) is 0 Å². The summed E-state index contributed by atoms with van der Waals surface area (Å²) in [4.78, 5) is 6.35. The second-order valence-corrected chi connectivity index (χ2v) is 13.6. The molecule has 0 spiro atoms. The van der Waals surface area contributed by atoms with Gasteiger partial charge < -0.3 is 0 Å². The molecule has 0 aliphatic heterocycles. The molecule has 0 bridgehead atoms. The van der Waals surface area contributed by atoms with Crippen LogP contribution in [-0.4, -0.2) is 4.98 Å². The average molecular weight is 520 g/mol. The van der Waals surface area contributed by atoms with Crippen LogP contribution in [0.4, 0.5) is 0 Å². The van der Waals surface area contributed by atoms with Gasteiger partial charge in [-0.2, -0.15) is 0 Å². The van der Waals surface area contributed by atoms with E-state index < -0.39 is 0 Å². The Morgan fingerprint density at radius 1 is 0.892 bits per heavy atom. The summed E-state index contributed by atoms with van der Waals surface area (Å²) in [5, 5.41) is 7.62. The predicted molar refractivity (Wildman–Crippen MR) is 165 cm³/mol. The molecule has 0 atom stereocenters. The maximum absolute atomic E-state index is 4.98. The number of rotatable bonds is 4. The van der Waals surface area contributed by atoms with Crippen LogP contribution in [-0.2, 0) is 11.8 Å². The van der Waals surface area contributed by atoms with E-state index in [4.69, 9.17) is 4.98 Å². The number of aromatic nitrogens is 1. The van der Waals surface area contributed by atoms with Gasteiger partial charge in [-0.25, -0.2) is 0 Å². The summed E-state index contributed by atoms with van der Waals surface area (Å²) in [6, 6.07) is 22.7. The van der Waals surface area contributed by atoms with Crippen molar-refractivity contribution in [2.24, 2.45) is 5.92 Å². The van der Waals surface area contributed by atoms with Crippen molar-refractivity contribution >= 4 is 53.6 Å². The molecule has 0 fully saturated rings. The minimum absolute atomic E-state index is 0.0433. The first-order valence-corrected chi connectivity index (χ1v) is 14.8. The van der Waals surface area contributed by atoms with Gasteiger partial charge >= 0.3 is 0 Å². The van der Waals surface area contributed by atoms with Gasteiger partial charge in [0, 0.05) is 47.8 Å². The minimum atomic E-state index is 0.0433. The quantitative estimate of drug-likeness (QED) is 0.226. The zero-order valence-corrected chi connectivity index (χ0v) is 24.1. The normalized spacial score (nSPS) is 12.4. The molecule has 0 radical (unpaired) electrons. The van der Waals surface area contributed by atoms with Crippen LogP contribution in [0.5, 0.6) is 0 Å². The molecule has 37 heavy (non-hydrogen) atoms. The molecule has 3 aromatic carbocycles. The third kappa shape index (κ3) is 4.28. The van der Waals surface area contributed by atoms with Crippen molar-refractivity contribution in [3.05, 3.63) is 88.9 Å². The monoisotopic (exact) mass is 519 g/mol. The van der Waals surface area contributed by atoms with Gasteiger partial charge in [0.25, 0.3) is 0 Å². The van der Waals surface area contributed by atoms with Crippen molar-refractivity contribution in [3.63, 3.8) is 0 Å². The number of aryl methyl sites for hydroxylation is 1. The Bertz CT molecular complexity index is 1780. The second kappa shape index (κ2) is 9.08. The van der Waals surface area contributed by atoms with E-state index in [1.54, 1.807) is 0 Å². The van der Waals surface area contributed by atoms with E-state index in [2.05, 4.69) is 108 Å². The number of pyridine rings is 1. The lowest BCUT2D eigenvalue weighted by atomic mass is 9.82. The highest BCUT2D eigenvalue weighted by Crippen LogP contribution is 2.46. The number of hydrogen-bond donors (Lipinski definition) is 0. The Morgan fingerprint density at radius 2 is 1.70 bits per heavy atom. The molecule has 6 aromatic rings. The maximum atomic E-state index is 4.98. The summed E-state index contributed by atoms with van der Waals surface area (Å²) in [5.41, 5.74) is 7.83. The van der Waals surface area contributed by atoms with Crippen LogP contribution in [0, 0.1) is 12.8 Å². The van der Waals surface area contributed by atoms with Gasteiger partial charge in [-0.15, -0.1) is 22.7 Å². The van der Waals surface area contributed by atoms with E-state index >= 15 is 0 Å². The van der Waals surface area contributed by atoms with Crippen molar-refractivity contribution in [1.29, 1.82) is 0 Å². The van der Waals surface area contributed by atoms with Crippen molar-refractivity contribution in [3.8, 4) is 21.7 Å². The summed E-state index contributed by atoms with van der Waals surface area (Å²) < 4.78 is 2.67. The van der Waals surface area contributed by atoms with Crippen molar-refractivity contribution in [2.75, 3.05) is 0 Å². The SMILES string of the molecule is Cc1c(-c2csc3ccc(CC(C)C)cc23)sc2ccnc(-c3cc(C(C)(C)C)c4ccccc4c3)c12. The van der Waals surface area contributed by atoms with Crippen LogP contribution in [0.2, 0.25) is 0 Å². The molecular weight excluding hydrogens is 487 g/mol. The maximum Gasteiger partial charge on any atom is 0.0791 e. The van der Waals surface area contributed by atoms with Crippen LogP contribution >= 0.6 is 22.7 Å². The highest BCUT2D eigenvalue weighted by atomic mass is 32.1. The molecule has 0 aliphatic rings. The van der Waals surface area contributed by atoms with Crippen LogP contribution in [0.15, 0.2) is 72.2 Å². The van der Waals surface area contributed by atoms with E-state index in [1.807, 2.05) is 28.9 Å². The summed E-state index contributed by atoms with van der Waals surface area (Å²) in [6.07, 6.45) is 3.10. The summed E-state index contributed by atoms with van der Waals surface area (Å²) in [7, 11) is 0. The fourth-order valence-corrected chi connectivity index (χ4v) is 7.83. The summed E-state index contributed by atoms with van der Waals surface area (Å²) >= 11 is 3.76. The lowest BCUT2D eigenvalue weighted by Crippen LogP contribution is -2.12. The molecule has 1 nitrogen and oxygen atoms in total. The fraction of sp³-hybridized carbons (Fsp3) is 0.265. The first-order chi connectivity index (χ1) is 17.7. The largest absolute Gasteiger partial charge is 0.256 e. The molecule has 0 N–H and O–H groups in total. The Morgan fingerprint density at radius 3 is 2.49 bits per heavy atom. The lowest BCUT2D eigenvalue weighted by molar-refractivity contribution is 0.596. The molecule has 0 unspecified atom stereocenters. The third-order valence-electron chi connectivity index (χ3n) is 7.31. The molecule has 0 saturated heterocycles. The van der Waals surface area contributed by atoms with Gasteiger partial charge in [-0.1, -0.05) is 65.0 Å². The first kappa shape index (κ1) is 24.3. The smallest absolute Gasteiger partial charge is 0.0791 e. The Kier molecular flexibility index (Phi) is 5.97. The molecule has 6 rings (SSSR count). The molecule has 3 heteroatoms. The van der Waals surface area contributed by atoms with Crippen LogP contribution in [0.1, 0.15) is 51.3 Å². The lowest BCUT2D eigenvalue weighted by Gasteiger charge is -2.23. The van der Waals surface area contributed by atoms with Crippen LogP contribution in [0.25, 0.3) is 52.6 Å². The Labute approximate surface area is 227 Å². The minimum Gasteiger partial charge on any atom is -0.256 e. The Hall–Kier alpha value is -3.01. The average Bonchev–Trinajstić information content (AvgIpc) is 3.42. The van der Waals surface area contributed by atoms with Crippen molar-refractivity contribution < 1.29 is 0 Å². The zero-order valence-electron chi connectivity index (χ0n) is 22.5. The predicted octanol–water partition coefficient (Wildman–Crippen LogP) is 10.8. The van der Waals surface area contributed by atoms with Crippen molar-refractivity contribution in [2.45, 2.75) is 53.4 Å². The van der Waals surface area contributed by atoms with Crippen LogP contribution in [0.3, 0.4) is 0 Å². The number of nitrogens with zero attached hydrogens (tertiary/aromatic N) is 1. The Balaban J connectivity index is 1.57. The van der Waals surface area contributed by atoms with E-state index in [0.717, 1.165) is 12.1 Å². The van der Waals surface area contributed by atoms with E-state index in [-0.39, 0.29) is 5.41 Å². The molecular formula is C34H33NS2. The highest BCUT2D eigenvalue weighted by molar-refractivity contribution is 7.23. The topological polar surface area (TPSA) is 12.9 Å². The summed E-state index contributed by atoms with van der Waals surface area (Å²) in [5.74, 6) is 0.652. The molecule has 0 amide bonds. The number of fused-ring (bicyclic) bond motifs is 3. The second-order valence-electron chi connectivity index (χ2n) is 11.7. The summed E-state index contributed by atoms with van der Waals surface area (Å²) in [6.45, 7) is 13.8. The van der Waals surface area contributed by atoms with E-state index in [0.29, 0.717) is 5.92 Å². The number of thiophene rings is 2. The molecule has 186 valence electrons. The van der Waals surface area contributed by atoms with Gasteiger partial charge in [0.05, 0.1) is 5.69 Å². The standard InChI is InChI=1S/C34H33NS2/c1-20(2)15-22-11-12-29-26(16-22)27(19-36-29)33-21(3)31-30(37-33)13-14-35-32(31)24-17-23-9-7-8-10-25(23)28(18-24)34(4,5)6/h7-14,16-20H,15H2,1-6H3. The fourth-order valence-electron chi connectivity index (χ4n) is 5.59. The zero-order chi connectivity index (χ0) is 25.9. The first-order valence-electron chi connectivity index (χ1n) is 13.1. The van der Waals surface area contributed by atoms with E-state index in [1.165, 1.54) is 63.6 Å². The number of benzene rings is 3. The van der Waals surface area contributed by atoms with Gasteiger partial charge in [-0.3, -0.25) is 4.98 Å². The van der Waals surface area contributed by atoms with E-state index in [9.17, 15) is 0 Å². The van der Waals surface area contributed by atoms with Gasteiger partial charge in [-0.05, 0) is 82.5 Å². The number of hydrogen-bond acceptors (Lipinski definition) is 3.